The highest BCUT2D eigenvalue weighted by Crippen LogP contribution is 2.36. The van der Waals surface area contributed by atoms with Gasteiger partial charge in [-0.15, -0.1) is 11.3 Å². The zero-order valence-electron chi connectivity index (χ0n) is 8.92. The topological polar surface area (TPSA) is 12.0 Å². The standard InChI is InChI=1S/C12H16ClNS/c1-2-14-11(9-5-3-4-6-9)12-10(13)7-8-15-12/h5,7-8,11,14H,2-4,6H2,1H3. The van der Waals surface area contributed by atoms with Gasteiger partial charge in [0.25, 0.3) is 0 Å². The molecule has 0 amide bonds. The Morgan fingerprint density at radius 1 is 1.60 bits per heavy atom. The molecule has 1 aromatic rings. The molecule has 1 nitrogen and oxygen atoms in total. The second-order valence-corrected chi connectivity index (χ2v) is 5.15. The molecule has 1 N–H and O–H groups in total. The molecule has 1 atom stereocenters. The zero-order valence-corrected chi connectivity index (χ0v) is 10.5. The molecule has 0 saturated carbocycles. The lowest BCUT2D eigenvalue weighted by Crippen LogP contribution is -2.21. The summed E-state index contributed by atoms with van der Waals surface area (Å²) in [6.07, 6.45) is 6.09. The minimum absolute atomic E-state index is 0.352. The van der Waals surface area contributed by atoms with Gasteiger partial charge < -0.3 is 5.32 Å². The van der Waals surface area contributed by atoms with Crippen molar-refractivity contribution in [2.45, 2.75) is 32.2 Å². The van der Waals surface area contributed by atoms with Gasteiger partial charge in [-0.25, -0.2) is 0 Å². The van der Waals surface area contributed by atoms with Gasteiger partial charge in [-0.1, -0.05) is 30.2 Å². The highest BCUT2D eigenvalue weighted by Gasteiger charge is 2.21. The van der Waals surface area contributed by atoms with Gasteiger partial charge in [-0.3, -0.25) is 0 Å². The molecule has 1 heterocycles. The van der Waals surface area contributed by atoms with E-state index in [0.717, 1.165) is 11.6 Å². The summed E-state index contributed by atoms with van der Waals surface area (Å²) in [6.45, 7) is 3.13. The Morgan fingerprint density at radius 3 is 3.00 bits per heavy atom. The first kappa shape index (κ1) is 11.2. The highest BCUT2D eigenvalue weighted by molar-refractivity contribution is 7.10. The number of rotatable bonds is 4. The van der Waals surface area contributed by atoms with Crippen LogP contribution in [0.5, 0.6) is 0 Å². The second-order valence-electron chi connectivity index (χ2n) is 3.79. The number of thiophene rings is 1. The van der Waals surface area contributed by atoms with Crippen LogP contribution >= 0.6 is 22.9 Å². The normalized spacial score (nSPS) is 17.9. The third-order valence-corrected chi connectivity index (χ3v) is 4.19. The van der Waals surface area contributed by atoms with E-state index < -0.39 is 0 Å². The maximum Gasteiger partial charge on any atom is 0.0645 e. The molecule has 1 aromatic heterocycles. The summed E-state index contributed by atoms with van der Waals surface area (Å²) in [5, 5.41) is 6.49. The SMILES string of the molecule is CCNC(C1=CCCC1)c1sccc1Cl. The molecule has 0 aromatic carbocycles. The van der Waals surface area contributed by atoms with E-state index in [0.29, 0.717) is 6.04 Å². The van der Waals surface area contributed by atoms with Crippen molar-refractivity contribution < 1.29 is 0 Å². The fourth-order valence-corrected chi connectivity index (χ4v) is 3.35. The van der Waals surface area contributed by atoms with Gasteiger partial charge in [0.1, 0.15) is 0 Å². The van der Waals surface area contributed by atoms with Gasteiger partial charge in [0, 0.05) is 4.88 Å². The van der Waals surface area contributed by atoms with Crippen LogP contribution in [0.15, 0.2) is 23.1 Å². The summed E-state index contributed by atoms with van der Waals surface area (Å²) in [4.78, 5) is 1.27. The number of halogens is 1. The van der Waals surface area contributed by atoms with E-state index >= 15 is 0 Å². The summed E-state index contributed by atoms with van der Waals surface area (Å²) in [5.41, 5.74) is 1.52. The van der Waals surface area contributed by atoms with Crippen molar-refractivity contribution >= 4 is 22.9 Å². The van der Waals surface area contributed by atoms with Crippen LogP contribution in [-0.2, 0) is 0 Å². The molecular weight excluding hydrogens is 226 g/mol. The lowest BCUT2D eigenvalue weighted by molar-refractivity contribution is 0.614. The summed E-state index contributed by atoms with van der Waals surface area (Å²) in [7, 11) is 0. The largest absolute Gasteiger partial charge is 0.306 e. The van der Waals surface area contributed by atoms with Gasteiger partial charge in [-0.2, -0.15) is 0 Å². The van der Waals surface area contributed by atoms with Crippen molar-refractivity contribution in [3.63, 3.8) is 0 Å². The monoisotopic (exact) mass is 241 g/mol. The lowest BCUT2D eigenvalue weighted by Gasteiger charge is -2.18. The Kier molecular flexibility index (Phi) is 3.84. The first-order chi connectivity index (χ1) is 7.33. The van der Waals surface area contributed by atoms with Crippen LogP contribution in [0.3, 0.4) is 0 Å². The summed E-state index contributed by atoms with van der Waals surface area (Å²) in [5.74, 6) is 0. The Labute approximate surface area is 100 Å². The fraction of sp³-hybridized carbons (Fsp3) is 0.500. The molecule has 0 aliphatic heterocycles. The molecule has 0 radical (unpaired) electrons. The predicted octanol–water partition coefficient (Wildman–Crippen LogP) is 4.16. The van der Waals surface area contributed by atoms with Gasteiger partial charge >= 0.3 is 0 Å². The Balaban J connectivity index is 2.23. The van der Waals surface area contributed by atoms with E-state index in [9.17, 15) is 0 Å². The van der Waals surface area contributed by atoms with Crippen LogP contribution in [0.1, 0.15) is 37.1 Å². The second kappa shape index (κ2) is 5.15. The summed E-state index contributed by atoms with van der Waals surface area (Å²) < 4.78 is 0. The van der Waals surface area contributed by atoms with Crippen LogP contribution < -0.4 is 5.32 Å². The molecule has 1 aliphatic rings. The van der Waals surface area contributed by atoms with Gasteiger partial charge in [0.05, 0.1) is 11.1 Å². The molecule has 3 heteroatoms. The molecule has 0 bridgehead atoms. The quantitative estimate of drug-likeness (QED) is 0.781. The third-order valence-electron chi connectivity index (χ3n) is 2.76. The van der Waals surface area contributed by atoms with Gasteiger partial charge in [-0.05, 0) is 37.3 Å². The van der Waals surface area contributed by atoms with E-state index in [4.69, 9.17) is 11.6 Å². The van der Waals surface area contributed by atoms with Crippen molar-refractivity contribution in [2.24, 2.45) is 0 Å². The van der Waals surface area contributed by atoms with Gasteiger partial charge in [0.15, 0.2) is 0 Å². The molecule has 0 saturated heterocycles. The van der Waals surface area contributed by atoms with Crippen LogP contribution in [0.4, 0.5) is 0 Å². The molecule has 0 fully saturated rings. The van der Waals surface area contributed by atoms with Crippen molar-refractivity contribution in [1.29, 1.82) is 0 Å². The molecule has 2 rings (SSSR count). The van der Waals surface area contributed by atoms with E-state index in [-0.39, 0.29) is 0 Å². The third kappa shape index (κ3) is 2.44. The van der Waals surface area contributed by atoms with Crippen molar-refractivity contribution in [1.82, 2.24) is 5.32 Å². The molecule has 1 aliphatic carbocycles. The molecule has 1 unspecified atom stereocenters. The van der Waals surface area contributed by atoms with Crippen LogP contribution in [0, 0.1) is 0 Å². The molecule has 15 heavy (non-hydrogen) atoms. The zero-order chi connectivity index (χ0) is 10.7. The highest BCUT2D eigenvalue weighted by atomic mass is 35.5. The van der Waals surface area contributed by atoms with Crippen molar-refractivity contribution in [2.75, 3.05) is 6.54 Å². The van der Waals surface area contributed by atoms with Crippen molar-refractivity contribution in [3.05, 3.63) is 33.0 Å². The maximum absolute atomic E-state index is 6.19. The first-order valence-electron chi connectivity index (χ1n) is 5.48. The Bertz CT molecular complexity index is 356. The summed E-state index contributed by atoms with van der Waals surface area (Å²) >= 11 is 7.94. The number of allylic oxidation sites excluding steroid dienone is 1. The molecular formula is C12H16ClNS. The number of hydrogen-bond acceptors (Lipinski definition) is 2. The van der Waals surface area contributed by atoms with E-state index in [1.54, 1.807) is 11.3 Å². The minimum Gasteiger partial charge on any atom is -0.306 e. The van der Waals surface area contributed by atoms with Gasteiger partial charge in [0.2, 0.25) is 0 Å². The van der Waals surface area contributed by atoms with Crippen LogP contribution in [0.25, 0.3) is 0 Å². The maximum atomic E-state index is 6.19. The Hall–Kier alpha value is -0.310. The van der Waals surface area contributed by atoms with Crippen LogP contribution in [-0.4, -0.2) is 6.54 Å². The van der Waals surface area contributed by atoms with E-state index in [1.807, 2.05) is 6.07 Å². The average molecular weight is 242 g/mol. The minimum atomic E-state index is 0.352. The number of likely N-dealkylation sites (N-methyl/N-ethyl adjacent to an activating group) is 1. The predicted molar refractivity (Wildman–Crippen MR) is 67.7 cm³/mol. The lowest BCUT2D eigenvalue weighted by atomic mass is 10.1. The van der Waals surface area contributed by atoms with E-state index in [1.165, 1.54) is 29.7 Å². The smallest absolute Gasteiger partial charge is 0.0645 e. The van der Waals surface area contributed by atoms with Crippen molar-refractivity contribution in [3.8, 4) is 0 Å². The number of hydrogen-bond donors (Lipinski definition) is 1. The van der Waals surface area contributed by atoms with Crippen LogP contribution in [0.2, 0.25) is 5.02 Å². The fourth-order valence-electron chi connectivity index (χ4n) is 2.07. The molecule has 0 spiro atoms. The first-order valence-corrected chi connectivity index (χ1v) is 6.74. The average Bonchev–Trinajstić information content (AvgIpc) is 2.85. The van der Waals surface area contributed by atoms with E-state index in [2.05, 4.69) is 23.7 Å². The Morgan fingerprint density at radius 2 is 2.47 bits per heavy atom. The summed E-state index contributed by atoms with van der Waals surface area (Å²) in [6, 6.07) is 2.34. The number of nitrogens with one attached hydrogen (secondary N) is 1. The molecule has 82 valence electrons.